The first-order valence-electron chi connectivity index (χ1n) is 10.8. The number of carbonyl (C=O) groups excluding carboxylic acids is 2. The topological polar surface area (TPSA) is 63.1 Å². The minimum Gasteiger partial charge on any atom is -0.344 e. The van der Waals surface area contributed by atoms with Crippen molar-refractivity contribution < 1.29 is 9.59 Å². The van der Waals surface area contributed by atoms with Gasteiger partial charge >= 0.3 is 0 Å². The van der Waals surface area contributed by atoms with Gasteiger partial charge in [0.1, 0.15) is 0 Å². The molecule has 1 aliphatic rings. The fourth-order valence-electron chi connectivity index (χ4n) is 4.77. The van der Waals surface area contributed by atoms with E-state index in [-0.39, 0.29) is 11.8 Å². The predicted octanol–water partition coefficient (Wildman–Crippen LogP) is 5.08. The van der Waals surface area contributed by atoms with Crippen molar-refractivity contribution in [2.45, 2.75) is 19.3 Å². The van der Waals surface area contributed by atoms with E-state index in [0.29, 0.717) is 21.7 Å². The van der Waals surface area contributed by atoms with Gasteiger partial charge in [-0.1, -0.05) is 41.9 Å². The molecule has 162 valence electrons. The maximum Gasteiger partial charge on any atom is 0.259 e. The standard InChI is InChI=1S/C26H24ClN3O2/c1-28-12-6-5-7-15-10-11-17-20(13-15)30(2)21-14-18(16-8-3-4-9-19(16)27)23-24(22(17)21)26(32)29-25(23)31/h3-4,8-11,13-14,28H,5-7,12H2,1-2H3,(H,29,31,32). The summed E-state index contributed by atoms with van der Waals surface area (Å²) in [7, 11) is 3.98. The molecule has 0 spiro atoms. The lowest BCUT2D eigenvalue weighted by molar-refractivity contribution is 0.0880. The van der Waals surface area contributed by atoms with Gasteiger partial charge in [0.15, 0.2) is 0 Å². The number of amides is 2. The first kappa shape index (κ1) is 20.7. The van der Waals surface area contributed by atoms with Gasteiger partial charge in [0.05, 0.1) is 16.6 Å². The monoisotopic (exact) mass is 445 g/mol. The van der Waals surface area contributed by atoms with E-state index in [0.717, 1.165) is 53.2 Å². The van der Waals surface area contributed by atoms with Crippen LogP contribution in [-0.2, 0) is 13.5 Å². The third kappa shape index (κ3) is 3.20. The zero-order valence-electron chi connectivity index (χ0n) is 18.1. The number of carbonyl (C=O) groups is 2. The molecular weight excluding hydrogens is 422 g/mol. The van der Waals surface area contributed by atoms with Gasteiger partial charge < -0.3 is 9.88 Å². The largest absolute Gasteiger partial charge is 0.344 e. The van der Waals surface area contributed by atoms with Crippen LogP contribution < -0.4 is 10.6 Å². The number of aromatic nitrogens is 1. The van der Waals surface area contributed by atoms with Crippen LogP contribution in [0.5, 0.6) is 0 Å². The van der Waals surface area contributed by atoms with Gasteiger partial charge in [-0.15, -0.1) is 0 Å². The Bertz CT molecular complexity index is 1400. The minimum absolute atomic E-state index is 0.354. The molecule has 2 amide bonds. The highest BCUT2D eigenvalue weighted by molar-refractivity contribution is 6.36. The number of aryl methyl sites for hydroxylation is 2. The highest BCUT2D eigenvalue weighted by Gasteiger charge is 2.34. The smallest absolute Gasteiger partial charge is 0.259 e. The number of fused-ring (bicyclic) bond motifs is 5. The fraction of sp³-hybridized carbons (Fsp3) is 0.231. The van der Waals surface area contributed by atoms with Gasteiger partial charge in [0.2, 0.25) is 0 Å². The van der Waals surface area contributed by atoms with Gasteiger partial charge in [-0.25, -0.2) is 0 Å². The molecule has 0 saturated carbocycles. The van der Waals surface area contributed by atoms with Gasteiger partial charge in [0, 0.05) is 33.9 Å². The maximum atomic E-state index is 12.9. The normalized spacial score (nSPS) is 13.2. The quantitative estimate of drug-likeness (QED) is 0.321. The Hall–Kier alpha value is -3.15. The Kier molecular flexibility index (Phi) is 5.24. The predicted molar refractivity (Wildman–Crippen MR) is 130 cm³/mol. The molecule has 3 aromatic carbocycles. The van der Waals surface area contributed by atoms with Crippen molar-refractivity contribution in [3.63, 3.8) is 0 Å². The maximum absolute atomic E-state index is 12.9. The third-order valence-corrected chi connectivity index (χ3v) is 6.68. The Balaban J connectivity index is 1.75. The number of benzene rings is 3. The van der Waals surface area contributed by atoms with Gasteiger partial charge in [-0.2, -0.15) is 0 Å². The number of rotatable bonds is 6. The summed E-state index contributed by atoms with van der Waals surface area (Å²) in [6, 6.07) is 15.8. The average molecular weight is 446 g/mol. The second kappa shape index (κ2) is 8.08. The lowest BCUT2D eigenvalue weighted by Crippen LogP contribution is -2.20. The van der Waals surface area contributed by atoms with Crippen molar-refractivity contribution in [1.29, 1.82) is 0 Å². The molecule has 32 heavy (non-hydrogen) atoms. The van der Waals surface area contributed by atoms with Crippen molar-refractivity contribution in [2.75, 3.05) is 13.6 Å². The lowest BCUT2D eigenvalue weighted by atomic mass is 9.92. The van der Waals surface area contributed by atoms with E-state index >= 15 is 0 Å². The van der Waals surface area contributed by atoms with Crippen LogP contribution in [0.15, 0.2) is 48.5 Å². The first-order valence-corrected chi connectivity index (χ1v) is 11.2. The summed E-state index contributed by atoms with van der Waals surface area (Å²) in [6.07, 6.45) is 3.24. The second-order valence-corrected chi connectivity index (χ2v) is 8.71. The van der Waals surface area contributed by atoms with Crippen LogP contribution in [0.3, 0.4) is 0 Å². The molecule has 0 bridgehead atoms. The second-order valence-electron chi connectivity index (χ2n) is 8.30. The van der Waals surface area contributed by atoms with Gasteiger partial charge in [-0.05, 0) is 62.2 Å². The summed E-state index contributed by atoms with van der Waals surface area (Å²) >= 11 is 6.48. The van der Waals surface area contributed by atoms with E-state index in [1.807, 2.05) is 38.4 Å². The van der Waals surface area contributed by atoms with E-state index in [4.69, 9.17) is 11.6 Å². The van der Waals surface area contributed by atoms with E-state index in [1.165, 1.54) is 5.56 Å². The van der Waals surface area contributed by atoms with Gasteiger partial charge in [-0.3, -0.25) is 14.9 Å². The average Bonchev–Trinajstić information content (AvgIpc) is 3.24. The summed E-state index contributed by atoms with van der Waals surface area (Å²) in [6.45, 7) is 1.01. The van der Waals surface area contributed by atoms with Crippen LogP contribution >= 0.6 is 11.6 Å². The molecule has 4 aromatic rings. The number of nitrogens with one attached hydrogen (secondary N) is 2. The Morgan fingerprint density at radius 3 is 2.50 bits per heavy atom. The molecular formula is C26H24ClN3O2. The minimum atomic E-state index is -0.375. The molecule has 1 aromatic heterocycles. The number of hydrogen-bond acceptors (Lipinski definition) is 3. The number of imide groups is 1. The van der Waals surface area contributed by atoms with Crippen LogP contribution in [0, 0.1) is 0 Å². The highest BCUT2D eigenvalue weighted by Crippen LogP contribution is 2.41. The zero-order valence-corrected chi connectivity index (χ0v) is 18.8. The Labute approximate surface area is 191 Å². The van der Waals surface area contributed by atoms with Crippen molar-refractivity contribution in [3.8, 4) is 11.1 Å². The Morgan fingerprint density at radius 1 is 0.938 bits per heavy atom. The van der Waals surface area contributed by atoms with Crippen LogP contribution in [0.1, 0.15) is 39.1 Å². The SMILES string of the molecule is CNCCCCc1ccc2c3c4c(c(-c5ccccc5Cl)cc3n(C)c2c1)C(=O)NC4=O. The molecule has 0 atom stereocenters. The molecule has 5 nitrogen and oxygen atoms in total. The van der Waals surface area contributed by atoms with E-state index in [2.05, 4.69) is 33.4 Å². The molecule has 0 radical (unpaired) electrons. The van der Waals surface area contributed by atoms with Crippen molar-refractivity contribution >= 4 is 45.2 Å². The number of unbranched alkanes of at least 4 members (excludes halogenated alkanes) is 1. The summed E-state index contributed by atoms with van der Waals surface area (Å²) in [5.41, 5.74) is 5.49. The Morgan fingerprint density at radius 2 is 1.72 bits per heavy atom. The molecule has 0 saturated heterocycles. The zero-order chi connectivity index (χ0) is 22.4. The number of halogens is 1. The number of nitrogens with zero attached hydrogens (tertiary/aromatic N) is 1. The molecule has 0 unspecified atom stereocenters. The van der Waals surface area contributed by atoms with Crippen LogP contribution in [0.25, 0.3) is 32.9 Å². The fourth-order valence-corrected chi connectivity index (χ4v) is 5.01. The molecule has 6 heteroatoms. The summed E-state index contributed by atoms with van der Waals surface area (Å²) < 4.78 is 2.11. The number of hydrogen-bond donors (Lipinski definition) is 2. The molecule has 0 aliphatic carbocycles. The van der Waals surface area contributed by atoms with Crippen LogP contribution in [-0.4, -0.2) is 30.0 Å². The molecule has 0 fully saturated rings. The van der Waals surface area contributed by atoms with E-state index < -0.39 is 0 Å². The van der Waals surface area contributed by atoms with Crippen molar-refractivity contribution in [2.24, 2.45) is 7.05 Å². The van der Waals surface area contributed by atoms with E-state index in [1.54, 1.807) is 6.07 Å². The summed E-state index contributed by atoms with van der Waals surface area (Å²) in [4.78, 5) is 25.7. The van der Waals surface area contributed by atoms with Crippen molar-refractivity contribution in [1.82, 2.24) is 15.2 Å². The first-order chi connectivity index (χ1) is 15.5. The molecule has 5 rings (SSSR count). The van der Waals surface area contributed by atoms with Gasteiger partial charge in [0.25, 0.3) is 11.8 Å². The summed E-state index contributed by atoms with van der Waals surface area (Å²) in [5, 5.41) is 8.02. The lowest BCUT2D eigenvalue weighted by Gasteiger charge is -2.10. The summed E-state index contributed by atoms with van der Waals surface area (Å²) in [5.74, 6) is -0.729. The van der Waals surface area contributed by atoms with Crippen LogP contribution in [0.2, 0.25) is 5.02 Å². The third-order valence-electron chi connectivity index (χ3n) is 6.35. The molecule has 2 N–H and O–H groups in total. The molecule has 2 heterocycles. The molecule has 1 aliphatic heterocycles. The van der Waals surface area contributed by atoms with Crippen LogP contribution in [0.4, 0.5) is 0 Å². The highest BCUT2D eigenvalue weighted by atomic mass is 35.5. The van der Waals surface area contributed by atoms with Crippen molar-refractivity contribution in [3.05, 3.63) is 70.2 Å². The van der Waals surface area contributed by atoms with E-state index in [9.17, 15) is 9.59 Å².